The van der Waals surface area contributed by atoms with Gasteiger partial charge in [-0.25, -0.2) is 0 Å². The van der Waals surface area contributed by atoms with Crippen LogP contribution in [0.25, 0.3) is 0 Å². The number of rotatable bonds is 6. The Kier molecular flexibility index (Phi) is 5.18. The third-order valence-electron chi connectivity index (χ3n) is 2.89. The van der Waals surface area contributed by atoms with Crippen LogP contribution in [-0.4, -0.2) is 21.3 Å². The van der Waals surface area contributed by atoms with E-state index in [1.165, 1.54) is 5.56 Å². The van der Waals surface area contributed by atoms with Crippen LogP contribution in [0.4, 0.5) is 0 Å². The Bertz CT molecular complexity index is 530. The van der Waals surface area contributed by atoms with Gasteiger partial charge in [-0.05, 0) is 17.7 Å². The third kappa shape index (κ3) is 3.39. The van der Waals surface area contributed by atoms with Crippen molar-refractivity contribution in [2.24, 2.45) is 0 Å². The van der Waals surface area contributed by atoms with E-state index in [9.17, 15) is 0 Å². The summed E-state index contributed by atoms with van der Waals surface area (Å²) in [4.78, 5) is 1.09. The highest BCUT2D eigenvalue weighted by atomic mass is 32.2. The molecule has 0 heterocycles. The molecule has 0 aliphatic rings. The molecular formula is C16H18O3S. The van der Waals surface area contributed by atoms with Gasteiger partial charge in [0.2, 0.25) is 5.75 Å². The second kappa shape index (κ2) is 7.10. The van der Waals surface area contributed by atoms with Crippen LogP contribution in [0.3, 0.4) is 0 Å². The average molecular weight is 290 g/mol. The molecule has 0 bridgehead atoms. The van der Waals surface area contributed by atoms with E-state index in [-0.39, 0.29) is 0 Å². The van der Waals surface area contributed by atoms with Crippen LogP contribution in [-0.2, 0) is 5.75 Å². The van der Waals surface area contributed by atoms with Crippen molar-refractivity contribution in [2.45, 2.75) is 10.6 Å². The van der Waals surface area contributed by atoms with Crippen molar-refractivity contribution in [2.75, 3.05) is 21.3 Å². The van der Waals surface area contributed by atoms with E-state index >= 15 is 0 Å². The molecule has 0 saturated heterocycles. The first kappa shape index (κ1) is 14.6. The summed E-state index contributed by atoms with van der Waals surface area (Å²) in [5.41, 5.74) is 1.28. The normalized spacial score (nSPS) is 10.2. The van der Waals surface area contributed by atoms with Crippen molar-refractivity contribution >= 4 is 11.8 Å². The summed E-state index contributed by atoms with van der Waals surface area (Å²) in [6.07, 6.45) is 0. The van der Waals surface area contributed by atoms with E-state index in [1.54, 1.807) is 33.1 Å². The second-order valence-corrected chi connectivity index (χ2v) is 5.18. The molecule has 0 spiro atoms. The predicted molar refractivity (Wildman–Crippen MR) is 82.1 cm³/mol. The molecule has 0 aromatic heterocycles. The predicted octanol–water partition coefficient (Wildman–Crippen LogP) is 4.00. The molecule has 0 amide bonds. The van der Waals surface area contributed by atoms with Crippen molar-refractivity contribution in [3.05, 3.63) is 48.0 Å². The van der Waals surface area contributed by atoms with Gasteiger partial charge >= 0.3 is 0 Å². The first-order valence-corrected chi connectivity index (χ1v) is 7.23. The number of thioether (sulfide) groups is 1. The molecule has 3 nitrogen and oxygen atoms in total. The standard InChI is InChI=1S/C16H18O3S/c1-17-14-9-13(10-15(18-2)16(14)19-3)20-11-12-7-5-4-6-8-12/h4-10H,11H2,1-3H3. The smallest absolute Gasteiger partial charge is 0.203 e. The highest BCUT2D eigenvalue weighted by Gasteiger charge is 2.13. The Hall–Kier alpha value is -1.81. The van der Waals surface area contributed by atoms with Crippen molar-refractivity contribution in [1.29, 1.82) is 0 Å². The van der Waals surface area contributed by atoms with E-state index in [0.29, 0.717) is 17.2 Å². The van der Waals surface area contributed by atoms with Crippen molar-refractivity contribution in [3.63, 3.8) is 0 Å². The first-order valence-electron chi connectivity index (χ1n) is 6.25. The summed E-state index contributed by atoms with van der Waals surface area (Å²) in [5.74, 6) is 2.89. The Morgan fingerprint density at radius 3 is 1.95 bits per heavy atom. The van der Waals surface area contributed by atoms with Crippen molar-refractivity contribution < 1.29 is 14.2 Å². The lowest BCUT2D eigenvalue weighted by Crippen LogP contribution is -1.95. The van der Waals surface area contributed by atoms with Crippen molar-refractivity contribution in [3.8, 4) is 17.2 Å². The molecule has 0 atom stereocenters. The van der Waals surface area contributed by atoms with Gasteiger partial charge in [0.15, 0.2) is 11.5 Å². The van der Waals surface area contributed by atoms with Crippen LogP contribution < -0.4 is 14.2 Å². The molecule has 0 fully saturated rings. The highest BCUT2D eigenvalue weighted by Crippen LogP contribution is 2.41. The van der Waals surface area contributed by atoms with Gasteiger partial charge in [-0.2, -0.15) is 0 Å². The lowest BCUT2D eigenvalue weighted by atomic mass is 10.2. The van der Waals surface area contributed by atoms with Gasteiger partial charge in [-0.3, -0.25) is 0 Å². The number of methoxy groups -OCH3 is 3. The van der Waals surface area contributed by atoms with E-state index in [4.69, 9.17) is 14.2 Å². The lowest BCUT2D eigenvalue weighted by molar-refractivity contribution is 0.323. The van der Waals surface area contributed by atoms with E-state index in [2.05, 4.69) is 12.1 Å². The molecule has 20 heavy (non-hydrogen) atoms. The molecule has 0 unspecified atom stereocenters. The number of ether oxygens (including phenoxy) is 3. The molecule has 0 saturated carbocycles. The zero-order chi connectivity index (χ0) is 14.4. The quantitative estimate of drug-likeness (QED) is 0.751. The fraction of sp³-hybridized carbons (Fsp3) is 0.250. The fourth-order valence-electron chi connectivity index (χ4n) is 1.88. The average Bonchev–Trinajstić information content (AvgIpc) is 2.52. The van der Waals surface area contributed by atoms with E-state index in [0.717, 1.165) is 10.6 Å². The topological polar surface area (TPSA) is 27.7 Å². The summed E-state index contributed by atoms with van der Waals surface area (Å²) >= 11 is 1.74. The number of hydrogen-bond acceptors (Lipinski definition) is 4. The van der Waals surface area contributed by atoms with Gasteiger partial charge in [-0.1, -0.05) is 30.3 Å². The van der Waals surface area contributed by atoms with Crippen molar-refractivity contribution in [1.82, 2.24) is 0 Å². The largest absolute Gasteiger partial charge is 0.493 e. The molecule has 2 aromatic carbocycles. The Balaban J connectivity index is 2.19. The van der Waals surface area contributed by atoms with Gasteiger partial charge in [0.25, 0.3) is 0 Å². The molecule has 0 aliphatic heterocycles. The van der Waals surface area contributed by atoms with Crippen LogP contribution in [0, 0.1) is 0 Å². The molecule has 2 aromatic rings. The summed E-state index contributed by atoms with van der Waals surface area (Å²) < 4.78 is 16.0. The van der Waals surface area contributed by atoms with Gasteiger partial charge in [0, 0.05) is 10.6 Å². The Morgan fingerprint density at radius 2 is 1.45 bits per heavy atom. The SMILES string of the molecule is COc1cc(SCc2ccccc2)cc(OC)c1OC. The van der Waals surface area contributed by atoms with Gasteiger partial charge in [-0.15, -0.1) is 11.8 Å². The second-order valence-electron chi connectivity index (χ2n) is 4.14. The van der Waals surface area contributed by atoms with E-state index in [1.807, 2.05) is 30.3 Å². The van der Waals surface area contributed by atoms with Crippen LogP contribution in [0.15, 0.2) is 47.4 Å². The monoisotopic (exact) mass is 290 g/mol. The van der Waals surface area contributed by atoms with Crippen LogP contribution in [0.1, 0.15) is 5.56 Å². The number of benzene rings is 2. The molecule has 2 rings (SSSR count). The van der Waals surface area contributed by atoms with E-state index < -0.39 is 0 Å². The zero-order valence-corrected chi connectivity index (χ0v) is 12.7. The molecular weight excluding hydrogens is 272 g/mol. The van der Waals surface area contributed by atoms with Gasteiger partial charge in [0.1, 0.15) is 0 Å². The first-order chi connectivity index (χ1) is 9.78. The van der Waals surface area contributed by atoms with Crippen LogP contribution in [0.5, 0.6) is 17.2 Å². The molecule has 0 N–H and O–H groups in total. The van der Waals surface area contributed by atoms with Gasteiger partial charge < -0.3 is 14.2 Å². The molecule has 0 aliphatic carbocycles. The number of hydrogen-bond donors (Lipinski definition) is 0. The summed E-state index contributed by atoms with van der Waals surface area (Å²) in [7, 11) is 4.86. The Morgan fingerprint density at radius 1 is 0.850 bits per heavy atom. The highest BCUT2D eigenvalue weighted by molar-refractivity contribution is 7.98. The summed E-state index contributed by atoms with van der Waals surface area (Å²) in [5, 5.41) is 0. The Labute approximate surface area is 123 Å². The molecule has 106 valence electrons. The maximum absolute atomic E-state index is 5.35. The van der Waals surface area contributed by atoms with Crippen LogP contribution in [0.2, 0.25) is 0 Å². The van der Waals surface area contributed by atoms with Gasteiger partial charge in [0.05, 0.1) is 21.3 Å². The minimum absolute atomic E-state index is 0.624. The fourth-order valence-corrected chi connectivity index (χ4v) is 2.79. The summed E-state index contributed by atoms with van der Waals surface area (Å²) in [6, 6.07) is 14.3. The van der Waals surface area contributed by atoms with Crippen LogP contribution >= 0.6 is 11.8 Å². The minimum Gasteiger partial charge on any atom is -0.493 e. The summed E-state index contributed by atoms with van der Waals surface area (Å²) in [6.45, 7) is 0. The minimum atomic E-state index is 0.624. The zero-order valence-electron chi connectivity index (χ0n) is 11.9. The maximum Gasteiger partial charge on any atom is 0.203 e. The molecule has 0 radical (unpaired) electrons. The third-order valence-corrected chi connectivity index (χ3v) is 3.93. The molecule has 4 heteroatoms. The maximum atomic E-state index is 5.35. The lowest BCUT2D eigenvalue weighted by Gasteiger charge is -2.13.